The van der Waals surface area contributed by atoms with Crippen LogP contribution in [0.15, 0.2) is 0 Å². The first-order valence-corrected chi connectivity index (χ1v) is 7.15. The van der Waals surface area contributed by atoms with Crippen LogP contribution in [0.3, 0.4) is 0 Å². The second-order valence-corrected chi connectivity index (χ2v) is 6.81. The number of likely N-dealkylation sites (tertiary alicyclic amines) is 1. The SMILES string of the molecule is CC1(C)CCCC1NC1CCN(C2CC2)C1. The van der Waals surface area contributed by atoms with E-state index in [1.54, 1.807) is 0 Å². The molecule has 1 aliphatic heterocycles. The molecule has 0 aromatic carbocycles. The molecule has 1 saturated heterocycles. The molecule has 2 atom stereocenters. The van der Waals surface area contributed by atoms with Crippen LogP contribution in [-0.2, 0) is 0 Å². The Hall–Kier alpha value is -0.0800. The van der Waals surface area contributed by atoms with Crippen molar-refractivity contribution in [2.75, 3.05) is 13.1 Å². The van der Waals surface area contributed by atoms with E-state index in [1.165, 1.54) is 51.6 Å². The van der Waals surface area contributed by atoms with Gasteiger partial charge in [0.2, 0.25) is 0 Å². The van der Waals surface area contributed by atoms with E-state index in [-0.39, 0.29) is 0 Å². The molecular formula is C14H26N2. The van der Waals surface area contributed by atoms with E-state index in [0.717, 1.165) is 18.1 Å². The molecule has 3 rings (SSSR count). The highest BCUT2D eigenvalue weighted by atomic mass is 15.2. The lowest BCUT2D eigenvalue weighted by Gasteiger charge is -2.30. The van der Waals surface area contributed by atoms with Crippen molar-refractivity contribution in [3.05, 3.63) is 0 Å². The van der Waals surface area contributed by atoms with Gasteiger partial charge in [-0.1, -0.05) is 20.3 Å². The fraction of sp³-hybridized carbons (Fsp3) is 1.00. The van der Waals surface area contributed by atoms with Gasteiger partial charge in [-0.2, -0.15) is 0 Å². The Morgan fingerprint density at radius 2 is 1.94 bits per heavy atom. The maximum Gasteiger partial charge on any atom is 0.0210 e. The number of hydrogen-bond acceptors (Lipinski definition) is 2. The molecule has 0 aromatic rings. The Bertz CT molecular complexity index is 257. The second kappa shape index (κ2) is 3.99. The molecule has 1 heterocycles. The molecule has 0 radical (unpaired) electrons. The standard InChI is InChI=1S/C14H26N2/c1-14(2)8-3-4-13(14)15-11-7-9-16(10-11)12-5-6-12/h11-13,15H,3-10H2,1-2H3. The first kappa shape index (κ1) is 11.0. The maximum absolute atomic E-state index is 3.94. The zero-order valence-corrected chi connectivity index (χ0v) is 10.8. The average Bonchev–Trinajstić information content (AvgIpc) is 2.89. The summed E-state index contributed by atoms with van der Waals surface area (Å²) in [6, 6.07) is 2.52. The molecule has 2 saturated carbocycles. The molecule has 2 unspecified atom stereocenters. The molecule has 2 heteroatoms. The van der Waals surface area contributed by atoms with Gasteiger partial charge in [0.1, 0.15) is 0 Å². The molecule has 16 heavy (non-hydrogen) atoms. The van der Waals surface area contributed by atoms with E-state index in [1.807, 2.05) is 0 Å². The minimum absolute atomic E-state index is 0.535. The fourth-order valence-electron chi connectivity index (χ4n) is 3.61. The van der Waals surface area contributed by atoms with Crippen LogP contribution < -0.4 is 5.32 Å². The molecular weight excluding hydrogens is 196 g/mol. The van der Waals surface area contributed by atoms with Gasteiger partial charge in [0, 0.05) is 31.2 Å². The Morgan fingerprint density at radius 1 is 1.12 bits per heavy atom. The van der Waals surface area contributed by atoms with Gasteiger partial charge in [0.15, 0.2) is 0 Å². The summed E-state index contributed by atoms with van der Waals surface area (Å²) in [4.78, 5) is 2.71. The van der Waals surface area contributed by atoms with Crippen molar-refractivity contribution in [3.8, 4) is 0 Å². The van der Waals surface area contributed by atoms with Crippen LogP contribution in [-0.4, -0.2) is 36.1 Å². The summed E-state index contributed by atoms with van der Waals surface area (Å²) in [5.41, 5.74) is 0.535. The lowest BCUT2D eigenvalue weighted by molar-refractivity contribution is 0.253. The van der Waals surface area contributed by atoms with Crippen molar-refractivity contribution in [2.45, 2.75) is 70.5 Å². The quantitative estimate of drug-likeness (QED) is 0.789. The van der Waals surface area contributed by atoms with Crippen LogP contribution in [0.2, 0.25) is 0 Å². The molecule has 3 fully saturated rings. The van der Waals surface area contributed by atoms with E-state index < -0.39 is 0 Å². The molecule has 0 spiro atoms. The Labute approximate surface area is 99.8 Å². The maximum atomic E-state index is 3.94. The minimum atomic E-state index is 0.535. The largest absolute Gasteiger partial charge is 0.309 e. The van der Waals surface area contributed by atoms with E-state index in [2.05, 4.69) is 24.1 Å². The number of rotatable bonds is 3. The number of hydrogen-bond donors (Lipinski definition) is 1. The van der Waals surface area contributed by atoms with Crippen LogP contribution in [0.4, 0.5) is 0 Å². The summed E-state index contributed by atoms with van der Waals surface area (Å²) in [5, 5.41) is 3.94. The highest BCUT2D eigenvalue weighted by Crippen LogP contribution is 2.38. The lowest BCUT2D eigenvalue weighted by Crippen LogP contribution is -2.45. The molecule has 92 valence electrons. The van der Waals surface area contributed by atoms with Crippen molar-refractivity contribution in [3.63, 3.8) is 0 Å². The third-order valence-corrected chi connectivity index (χ3v) is 4.98. The molecule has 0 aromatic heterocycles. The van der Waals surface area contributed by atoms with Crippen molar-refractivity contribution in [2.24, 2.45) is 5.41 Å². The number of nitrogens with one attached hydrogen (secondary N) is 1. The summed E-state index contributed by atoms with van der Waals surface area (Å²) < 4.78 is 0. The van der Waals surface area contributed by atoms with Crippen molar-refractivity contribution < 1.29 is 0 Å². The molecule has 2 aliphatic carbocycles. The average molecular weight is 222 g/mol. The summed E-state index contributed by atoms with van der Waals surface area (Å²) >= 11 is 0. The third kappa shape index (κ3) is 2.14. The zero-order chi connectivity index (χ0) is 11.2. The van der Waals surface area contributed by atoms with Gasteiger partial charge >= 0.3 is 0 Å². The summed E-state index contributed by atoms with van der Waals surface area (Å²) in [6.07, 6.45) is 8.52. The molecule has 0 bridgehead atoms. The van der Waals surface area contributed by atoms with Gasteiger partial charge < -0.3 is 5.32 Å². The van der Waals surface area contributed by atoms with Crippen LogP contribution in [0.25, 0.3) is 0 Å². The second-order valence-electron chi connectivity index (χ2n) is 6.81. The third-order valence-electron chi connectivity index (χ3n) is 4.98. The zero-order valence-electron chi connectivity index (χ0n) is 10.8. The predicted octanol–water partition coefficient (Wildman–Crippen LogP) is 2.39. The normalized spacial score (nSPS) is 39.4. The van der Waals surface area contributed by atoms with E-state index in [9.17, 15) is 0 Å². The van der Waals surface area contributed by atoms with Crippen LogP contribution in [0.1, 0.15) is 52.4 Å². The Morgan fingerprint density at radius 3 is 2.56 bits per heavy atom. The Balaban J connectivity index is 1.51. The smallest absolute Gasteiger partial charge is 0.0210 e. The van der Waals surface area contributed by atoms with E-state index >= 15 is 0 Å². The molecule has 3 aliphatic rings. The van der Waals surface area contributed by atoms with Gasteiger partial charge in [-0.05, 0) is 37.5 Å². The monoisotopic (exact) mass is 222 g/mol. The Kier molecular flexibility index (Phi) is 2.75. The van der Waals surface area contributed by atoms with Crippen molar-refractivity contribution in [1.82, 2.24) is 10.2 Å². The van der Waals surface area contributed by atoms with Gasteiger partial charge in [0.25, 0.3) is 0 Å². The van der Waals surface area contributed by atoms with Gasteiger partial charge in [-0.3, -0.25) is 4.90 Å². The summed E-state index contributed by atoms with van der Waals surface area (Å²) in [5.74, 6) is 0. The number of nitrogens with zero attached hydrogens (tertiary/aromatic N) is 1. The van der Waals surface area contributed by atoms with E-state index in [4.69, 9.17) is 0 Å². The summed E-state index contributed by atoms with van der Waals surface area (Å²) in [6.45, 7) is 7.53. The first-order valence-electron chi connectivity index (χ1n) is 7.15. The highest BCUT2D eigenvalue weighted by Gasteiger charge is 2.39. The minimum Gasteiger partial charge on any atom is -0.309 e. The van der Waals surface area contributed by atoms with Gasteiger partial charge in [-0.15, -0.1) is 0 Å². The molecule has 2 nitrogen and oxygen atoms in total. The van der Waals surface area contributed by atoms with E-state index in [0.29, 0.717) is 5.41 Å². The van der Waals surface area contributed by atoms with Crippen LogP contribution >= 0.6 is 0 Å². The van der Waals surface area contributed by atoms with Gasteiger partial charge in [-0.25, -0.2) is 0 Å². The van der Waals surface area contributed by atoms with Crippen molar-refractivity contribution in [1.29, 1.82) is 0 Å². The topological polar surface area (TPSA) is 15.3 Å². The van der Waals surface area contributed by atoms with Gasteiger partial charge in [0.05, 0.1) is 0 Å². The lowest BCUT2D eigenvalue weighted by atomic mass is 9.87. The van der Waals surface area contributed by atoms with Crippen LogP contribution in [0.5, 0.6) is 0 Å². The summed E-state index contributed by atoms with van der Waals surface area (Å²) in [7, 11) is 0. The van der Waals surface area contributed by atoms with Crippen LogP contribution in [0, 0.1) is 5.41 Å². The van der Waals surface area contributed by atoms with Crippen molar-refractivity contribution >= 4 is 0 Å². The first-order chi connectivity index (χ1) is 7.65. The fourth-order valence-corrected chi connectivity index (χ4v) is 3.61. The molecule has 1 N–H and O–H groups in total. The highest BCUT2D eigenvalue weighted by molar-refractivity contribution is 4.96. The predicted molar refractivity (Wildman–Crippen MR) is 67.6 cm³/mol. The molecule has 0 amide bonds.